The summed E-state index contributed by atoms with van der Waals surface area (Å²) in [6.07, 6.45) is 4.87. The van der Waals surface area contributed by atoms with Gasteiger partial charge in [0.1, 0.15) is 5.75 Å². The first kappa shape index (κ1) is 19.4. The minimum atomic E-state index is -0.399. The number of nitrogens with one attached hydrogen (secondary N) is 2. The summed E-state index contributed by atoms with van der Waals surface area (Å²) < 4.78 is 0. The molecule has 3 rings (SSSR count). The lowest BCUT2D eigenvalue weighted by Crippen LogP contribution is -2.35. The van der Waals surface area contributed by atoms with Crippen molar-refractivity contribution in [2.75, 3.05) is 23.7 Å². The first-order valence-electron chi connectivity index (χ1n) is 9.32. The van der Waals surface area contributed by atoms with E-state index in [2.05, 4.69) is 10.6 Å². The number of nitrogens with zero attached hydrogens (tertiary/aromatic N) is 1. The molecule has 1 aliphatic heterocycles. The van der Waals surface area contributed by atoms with Crippen LogP contribution in [0.1, 0.15) is 46.4 Å². The normalized spacial score (nSPS) is 14.1. The number of phenolic OH excluding ortho intramolecular Hbond substituents is 1. The second-order valence-electron chi connectivity index (χ2n) is 6.75. The second-order valence-corrected chi connectivity index (χ2v) is 6.75. The van der Waals surface area contributed by atoms with Crippen LogP contribution >= 0.6 is 0 Å². The number of carbonyl (C=O) groups excluding carboxylic acids is 3. The molecule has 0 radical (unpaired) electrons. The Morgan fingerprint density at radius 2 is 1.50 bits per heavy atom. The van der Waals surface area contributed by atoms with E-state index < -0.39 is 5.91 Å². The van der Waals surface area contributed by atoms with Crippen molar-refractivity contribution >= 4 is 29.6 Å². The lowest BCUT2D eigenvalue weighted by molar-refractivity contribution is 0.102. The number of carbonyl (C=O) groups is 3. The van der Waals surface area contributed by atoms with E-state index in [1.165, 1.54) is 18.2 Å². The number of aldehydes is 1. The van der Waals surface area contributed by atoms with Crippen molar-refractivity contribution < 1.29 is 19.5 Å². The quantitative estimate of drug-likeness (QED) is 0.700. The molecule has 7 nitrogen and oxygen atoms in total. The van der Waals surface area contributed by atoms with Gasteiger partial charge in [0.25, 0.3) is 5.91 Å². The average Bonchev–Trinajstić information content (AvgIpc) is 2.99. The molecular formula is C21H23N3O4. The van der Waals surface area contributed by atoms with Crippen molar-refractivity contribution in [3.05, 3.63) is 53.6 Å². The van der Waals surface area contributed by atoms with Gasteiger partial charge in [0.05, 0.1) is 5.56 Å². The third-order valence-electron chi connectivity index (χ3n) is 4.70. The van der Waals surface area contributed by atoms with E-state index in [4.69, 9.17) is 0 Å². The van der Waals surface area contributed by atoms with Crippen molar-refractivity contribution in [3.8, 4) is 5.75 Å². The zero-order valence-electron chi connectivity index (χ0n) is 15.5. The highest BCUT2D eigenvalue weighted by atomic mass is 16.3. The molecule has 3 amide bonds. The molecule has 2 aromatic carbocycles. The Labute approximate surface area is 163 Å². The summed E-state index contributed by atoms with van der Waals surface area (Å²) in [7, 11) is 0. The Hall–Kier alpha value is -3.35. The fourth-order valence-electron chi connectivity index (χ4n) is 3.11. The van der Waals surface area contributed by atoms with E-state index in [9.17, 15) is 19.5 Å². The molecule has 0 spiro atoms. The Morgan fingerprint density at radius 3 is 2.11 bits per heavy atom. The fourth-order valence-corrected chi connectivity index (χ4v) is 3.11. The van der Waals surface area contributed by atoms with Crippen LogP contribution in [0.25, 0.3) is 0 Å². The average molecular weight is 381 g/mol. The van der Waals surface area contributed by atoms with Crippen LogP contribution in [-0.2, 0) is 0 Å². The number of benzene rings is 2. The van der Waals surface area contributed by atoms with Gasteiger partial charge in [0.15, 0.2) is 6.29 Å². The topological polar surface area (TPSA) is 98.7 Å². The van der Waals surface area contributed by atoms with Crippen molar-refractivity contribution in [1.82, 2.24) is 4.90 Å². The number of hydrogen-bond acceptors (Lipinski definition) is 4. The van der Waals surface area contributed by atoms with Gasteiger partial charge in [-0.3, -0.25) is 9.59 Å². The number of amides is 3. The van der Waals surface area contributed by atoms with E-state index in [-0.39, 0.29) is 22.9 Å². The van der Waals surface area contributed by atoms with Crippen LogP contribution < -0.4 is 10.6 Å². The number of likely N-dealkylation sites (tertiary alicyclic amines) is 1. The Kier molecular flexibility index (Phi) is 6.26. The van der Waals surface area contributed by atoms with E-state index >= 15 is 0 Å². The molecule has 0 bridgehead atoms. The van der Waals surface area contributed by atoms with E-state index in [0.29, 0.717) is 17.7 Å². The van der Waals surface area contributed by atoms with E-state index in [1.807, 2.05) is 4.90 Å². The predicted molar refractivity (Wildman–Crippen MR) is 107 cm³/mol. The number of aromatic hydroxyl groups is 1. The van der Waals surface area contributed by atoms with Crippen LogP contribution in [0.3, 0.4) is 0 Å². The molecule has 3 N–H and O–H groups in total. The van der Waals surface area contributed by atoms with Gasteiger partial charge in [0.2, 0.25) is 0 Å². The van der Waals surface area contributed by atoms with Crippen LogP contribution in [0, 0.1) is 0 Å². The maximum Gasteiger partial charge on any atom is 0.321 e. The molecule has 146 valence electrons. The molecule has 0 aromatic heterocycles. The van der Waals surface area contributed by atoms with Gasteiger partial charge in [-0.05, 0) is 55.3 Å². The summed E-state index contributed by atoms with van der Waals surface area (Å²) in [6, 6.07) is 10.8. The molecular weight excluding hydrogens is 358 g/mol. The molecule has 1 heterocycles. The van der Waals surface area contributed by atoms with Gasteiger partial charge in [-0.1, -0.05) is 12.8 Å². The maximum atomic E-state index is 12.4. The molecule has 28 heavy (non-hydrogen) atoms. The van der Waals surface area contributed by atoms with Crippen LogP contribution in [0.5, 0.6) is 5.75 Å². The summed E-state index contributed by atoms with van der Waals surface area (Å²) in [5.41, 5.74) is 1.52. The fraction of sp³-hybridized carbons (Fsp3) is 0.286. The van der Waals surface area contributed by atoms with Gasteiger partial charge < -0.3 is 20.6 Å². The largest absolute Gasteiger partial charge is 0.507 e. The Morgan fingerprint density at radius 1 is 0.893 bits per heavy atom. The maximum absolute atomic E-state index is 12.4. The van der Waals surface area contributed by atoms with Crippen LogP contribution in [-0.4, -0.2) is 41.3 Å². The SMILES string of the molecule is O=Cc1cc(C(=O)Nc2ccc(NC(=O)N3CCCCCC3)cc2)ccc1O. The third-order valence-corrected chi connectivity index (χ3v) is 4.70. The minimum absolute atomic E-state index is 0.0548. The zero-order valence-corrected chi connectivity index (χ0v) is 15.5. The highest BCUT2D eigenvalue weighted by Crippen LogP contribution is 2.19. The van der Waals surface area contributed by atoms with Gasteiger partial charge in [0, 0.05) is 30.0 Å². The lowest BCUT2D eigenvalue weighted by atomic mass is 10.1. The van der Waals surface area contributed by atoms with Gasteiger partial charge in [-0.15, -0.1) is 0 Å². The zero-order chi connectivity index (χ0) is 19.9. The van der Waals surface area contributed by atoms with Crippen LogP contribution in [0.2, 0.25) is 0 Å². The molecule has 2 aromatic rings. The summed E-state index contributed by atoms with van der Waals surface area (Å²) in [4.78, 5) is 37.4. The molecule has 0 unspecified atom stereocenters. The molecule has 7 heteroatoms. The van der Waals surface area contributed by atoms with Crippen LogP contribution in [0.4, 0.5) is 16.2 Å². The molecule has 1 fully saturated rings. The van der Waals surface area contributed by atoms with Gasteiger partial charge in [-0.25, -0.2) is 4.79 Å². The van der Waals surface area contributed by atoms with Crippen molar-refractivity contribution in [3.63, 3.8) is 0 Å². The summed E-state index contributed by atoms with van der Waals surface area (Å²) >= 11 is 0. The first-order valence-corrected chi connectivity index (χ1v) is 9.32. The van der Waals surface area contributed by atoms with Crippen LogP contribution in [0.15, 0.2) is 42.5 Å². The number of anilines is 2. The van der Waals surface area contributed by atoms with Gasteiger partial charge in [-0.2, -0.15) is 0 Å². The highest BCUT2D eigenvalue weighted by Gasteiger charge is 2.15. The Bertz CT molecular complexity index is 856. The first-order chi connectivity index (χ1) is 13.6. The van der Waals surface area contributed by atoms with Gasteiger partial charge >= 0.3 is 6.03 Å². The standard InChI is InChI=1S/C21H23N3O4/c25-14-16-13-15(5-10-19(16)26)20(27)22-17-6-8-18(9-7-17)23-21(28)24-11-3-1-2-4-12-24/h5-10,13-14,26H,1-4,11-12H2,(H,22,27)(H,23,28). The van der Waals surface area contributed by atoms with E-state index in [1.54, 1.807) is 24.3 Å². The smallest absolute Gasteiger partial charge is 0.321 e. The molecule has 0 atom stereocenters. The van der Waals surface area contributed by atoms with Crippen molar-refractivity contribution in [2.45, 2.75) is 25.7 Å². The number of hydrogen-bond donors (Lipinski definition) is 3. The monoisotopic (exact) mass is 381 g/mol. The molecule has 1 saturated heterocycles. The molecule has 0 aliphatic carbocycles. The lowest BCUT2D eigenvalue weighted by Gasteiger charge is -2.20. The molecule has 0 saturated carbocycles. The van der Waals surface area contributed by atoms with Crippen molar-refractivity contribution in [1.29, 1.82) is 0 Å². The number of phenols is 1. The molecule has 1 aliphatic rings. The highest BCUT2D eigenvalue weighted by molar-refractivity contribution is 6.05. The number of urea groups is 1. The summed E-state index contributed by atoms with van der Waals surface area (Å²) in [6.45, 7) is 1.55. The Balaban J connectivity index is 1.60. The van der Waals surface area contributed by atoms with E-state index in [0.717, 1.165) is 38.8 Å². The predicted octanol–water partition coefficient (Wildman–Crippen LogP) is 3.86. The third kappa shape index (κ3) is 4.88. The minimum Gasteiger partial charge on any atom is -0.507 e. The summed E-state index contributed by atoms with van der Waals surface area (Å²) in [5, 5.41) is 15.1. The summed E-state index contributed by atoms with van der Waals surface area (Å²) in [5.74, 6) is -0.569. The second kappa shape index (κ2) is 9.03. The van der Waals surface area contributed by atoms with Crippen molar-refractivity contribution in [2.24, 2.45) is 0 Å². The number of rotatable bonds is 4.